The van der Waals surface area contributed by atoms with Crippen LogP contribution in [-0.4, -0.2) is 35.7 Å². The Morgan fingerprint density at radius 2 is 2.30 bits per heavy atom. The number of amides is 1. The topological polar surface area (TPSA) is 41.9 Å². The Labute approximate surface area is 138 Å². The Bertz CT molecular complexity index is 715. The first-order chi connectivity index (χ1) is 11.2. The monoisotopic (exact) mass is 332 g/mol. The van der Waals surface area contributed by atoms with Crippen LogP contribution in [-0.2, 0) is 4.84 Å². The predicted octanol–water partition coefficient (Wildman–Crippen LogP) is 3.54. The summed E-state index contributed by atoms with van der Waals surface area (Å²) in [6.07, 6.45) is 0.370. The number of hydrogen-bond donors (Lipinski definition) is 0. The summed E-state index contributed by atoms with van der Waals surface area (Å²) in [7, 11) is 0. The van der Waals surface area contributed by atoms with E-state index in [4.69, 9.17) is 4.84 Å². The lowest BCUT2D eigenvalue weighted by Crippen LogP contribution is -2.37. The van der Waals surface area contributed by atoms with Gasteiger partial charge in [0.1, 0.15) is 5.82 Å². The van der Waals surface area contributed by atoms with Crippen molar-refractivity contribution in [1.29, 1.82) is 0 Å². The second-order valence-electron chi connectivity index (χ2n) is 5.30. The fourth-order valence-electron chi connectivity index (χ4n) is 2.52. The normalized spacial score (nSPS) is 16.8. The maximum Gasteiger partial charge on any atom is 0.264 e. The summed E-state index contributed by atoms with van der Waals surface area (Å²) in [5.74, 6) is -0.290. The average molecular weight is 332 g/mol. The molecule has 2 aromatic rings. The van der Waals surface area contributed by atoms with E-state index in [-0.39, 0.29) is 17.8 Å². The summed E-state index contributed by atoms with van der Waals surface area (Å²) in [6, 6.07) is 9.98. The third kappa shape index (κ3) is 3.59. The standard InChI is InChI=1S/C17H17FN2O2S/c1-2-20(17(21)16-7-4-8-23-16)11-14-10-15(19-22-14)12-5-3-6-13(18)9-12/h3-9,14H,2,10-11H2,1H3. The van der Waals surface area contributed by atoms with Crippen molar-refractivity contribution in [2.75, 3.05) is 13.1 Å². The Morgan fingerprint density at radius 3 is 3.00 bits per heavy atom. The molecule has 1 atom stereocenters. The smallest absolute Gasteiger partial charge is 0.264 e. The minimum atomic E-state index is -0.295. The zero-order valence-electron chi connectivity index (χ0n) is 12.7. The molecule has 0 saturated heterocycles. The number of halogens is 1. The Morgan fingerprint density at radius 1 is 1.43 bits per heavy atom. The van der Waals surface area contributed by atoms with E-state index >= 15 is 0 Å². The van der Waals surface area contributed by atoms with Crippen LogP contribution in [0.5, 0.6) is 0 Å². The van der Waals surface area contributed by atoms with E-state index in [0.29, 0.717) is 25.2 Å². The van der Waals surface area contributed by atoms with Gasteiger partial charge in [0, 0.05) is 18.5 Å². The molecule has 1 amide bonds. The number of carbonyl (C=O) groups excluding carboxylic acids is 1. The first-order valence-corrected chi connectivity index (χ1v) is 8.36. The van der Waals surface area contributed by atoms with Gasteiger partial charge in [0.05, 0.1) is 17.1 Å². The highest BCUT2D eigenvalue weighted by molar-refractivity contribution is 7.12. The molecule has 23 heavy (non-hydrogen) atoms. The number of rotatable bonds is 5. The highest BCUT2D eigenvalue weighted by Gasteiger charge is 2.26. The lowest BCUT2D eigenvalue weighted by atomic mass is 10.0. The molecular formula is C17H17FN2O2S. The van der Waals surface area contributed by atoms with Crippen LogP contribution in [0.1, 0.15) is 28.6 Å². The number of hydrogen-bond acceptors (Lipinski definition) is 4. The Kier molecular flexibility index (Phi) is 4.71. The fourth-order valence-corrected chi connectivity index (χ4v) is 3.21. The number of carbonyl (C=O) groups is 1. The quantitative estimate of drug-likeness (QED) is 0.840. The Balaban J connectivity index is 1.62. The maximum absolute atomic E-state index is 13.3. The molecule has 0 saturated carbocycles. The summed E-state index contributed by atoms with van der Waals surface area (Å²) >= 11 is 1.43. The molecule has 1 unspecified atom stereocenters. The largest absolute Gasteiger partial charge is 0.390 e. The van der Waals surface area contributed by atoms with Gasteiger partial charge in [0.25, 0.3) is 5.91 Å². The first-order valence-electron chi connectivity index (χ1n) is 7.48. The summed E-state index contributed by atoms with van der Waals surface area (Å²) in [6.45, 7) is 3.01. The van der Waals surface area contributed by atoms with E-state index in [2.05, 4.69) is 5.16 Å². The van der Waals surface area contributed by atoms with Crippen LogP contribution in [0.3, 0.4) is 0 Å². The van der Waals surface area contributed by atoms with Gasteiger partial charge >= 0.3 is 0 Å². The van der Waals surface area contributed by atoms with Gasteiger partial charge in [-0.3, -0.25) is 4.79 Å². The predicted molar refractivity (Wildman–Crippen MR) is 88.3 cm³/mol. The molecule has 1 aromatic carbocycles. The van der Waals surface area contributed by atoms with Crippen LogP contribution >= 0.6 is 11.3 Å². The van der Waals surface area contributed by atoms with E-state index in [0.717, 1.165) is 10.4 Å². The molecule has 0 N–H and O–H groups in total. The van der Waals surface area contributed by atoms with E-state index in [1.807, 2.05) is 30.5 Å². The molecule has 4 nitrogen and oxygen atoms in total. The SMILES string of the molecule is CCN(CC1CC(c2cccc(F)c2)=NO1)C(=O)c1cccs1. The Hall–Kier alpha value is -2.21. The van der Waals surface area contributed by atoms with Gasteiger partial charge < -0.3 is 9.74 Å². The van der Waals surface area contributed by atoms with Gasteiger partial charge in [0.2, 0.25) is 0 Å². The second kappa shape index (κ2) is 6.91. The lowest BCUT2D eigenvalue weighted by molar-refractivity contribution is 0.0438. The van der Waals surface area contributed by atoms with Crippen molar-refractivity contribution in [2.45, 2.75) is 19.4 Å². The number of nitrogens with zero attached hydrogens (tertiary/aromatic N) is 2. The van der Waals surface area contributed by atoms with Crippen LogP contribution < -0.4 is 0 Å². The lowest BCUT2D eigenvalue weighted by Gasteiger charge is -2.22. The van der Waals surface area contributed by atoms with Crippen LogP contribution in [0.15, 0.2) is 46.9 Å². The first kappa shape index (κ1) is 15.7. The third-order valence-electron chi connectivity index (χ3n) is 3.72. The highest BCUT2D eigenvalue weighted by Crippen LogP contribution is 2.20. The van der Waals surface area contributed by atoms with Gasteiger partial charge in [-0.05, 0) is 30.5 Å². The number of likely N-dealkylation sites (N-methyl/N-ethyl adjacent to an activating group) is 1. The molecule has 0 aliphatic carbocycles. The molecule has 1 aliphatic rings. The zero-order valence-corrected chi connectivity index (χ0v) is 13.6. The van der Waals surface area contributed by atoms with Gasteiger partial charge in [-0.2, -0.15) is 0 Å². The molecule has 0 bridgehead atoms. The van der Waals surface area contributed by atoms with Crippen molar-refractivity contribution in [3.63, 3.8) is 0 Å². The number of thiophene rings is 1. The van der Waals surface area contributed by atoms with Crippen molar-refractivity contribution >= 4 is 23.0 Å². The van der Waals surface area contributed by atoms with E-state index < -0.39 is 0 Å². The van der Waals surface area contributed by atoms with Crippen LogP contribution in [0.2, 0.25) is 0 Å². The second-order valence-corrected chi connectivity index (χ2v) is 6.25. The summed E-state index contributed by atoms with van der Waals surface area (Å²) in [4.78, 5) is 20.3. The van der Waals surface area contributed by atoms with Gasteiger partial charge in [0.15, 0.2) is 6.10 Å². The van der Waals surface area contributed by atoms with Gasteiger partial charge in [-0.1, -0.05) is 23.4 Å². The van der Waals surface area contributed by atoms with E-state index in [1.165, 1.54) is 23.5 Å². The van der Waals surface area contributed by atoms with Gasteiger partial charge in [-0.15, -0.1) is 11.3 Å². The van der Waals surface area contributed by atoms with Crippen molar-refractivity contribution in [3.05, 3.63) is 58.0 Å². The number of benzene rings is 1. The summed E-state index contributed by atoms with van der Waals surface area (Å²) < 4.78 is 13.3. The van der Waals surface area contributed by atoms with Crippen molar-refractivity contribution in [1.82, 2.24) is 4.90 Å². The molecule has 120 valence electrons. The zero-order chi connectivity index (χ0) is 16.2. The molecule has 1 aromatic heterocycles. The van der Waals surface area contributed by atoms with Crippen LogP contribution in [0.25, 0.3) is 0 Å². The maximum atomic E-state index is 13.3. The molecular weight excluding hydrogens is 315 g/mol. The molecule has 0 fully saturated rings. The van der Waals surface area contributed by atoms with Crippen molar-refractivity contribution < 1.29 is 14.0 Å². The molecule has 0 radical (unpaired) electrons. The minimum Gasteiger partial charge on any atom is -0.390 e. The molecule has 6 heteroatoms. The number of oxime groups is 1. The van der Waals surface area contributed by atoms with Crippen LogP contribution in [0.4, 0.5) is 4.39 Å². The molecule has 3 rings (SSSR count). The van der Waals surface area contributed by atoms with Crippen molar-refractivity contribution in [3.8, 4) is 0 Å². The molecule has 2 heterocycles. The van der Waals surface area contributed by atoms with Crippen molar-refractivity contribution in [2.24, 2.45) is 5.16 Å². The third-order valence-corrected chi connectivity index (χ3v) is 4.57. The average Bonchev–Trinajstić information content (AvgIpc) is 3.23. The van der Waals surface area contributed by atoms with Crippen LogP contribution in [0, 0.1) is 5.82 Å². The minimum absolute atomic E-state index is 0.00491. The highest BCUT2D eigenvalue weighted by atomic mass is 32.1. The fraction of sp³-hybridized carbons (Fsp3) is 0.294. The molecule has 0 spiro atoms. The van der Waals surface area contributed by atoms with E-state index in [9.17, 15) is 9.18 Å². The van der Waals surface area contributed by atoms with E-state index in [1.54, 1.807) is 11.0 Å². The summed E-state index contributed by atoms with van der Waals surface area (Å²) in [5, 5.41) is 5.94. The molecule has 1 aliphatic heterocycles. The van der Waals surface area contributed by atoms with Gasteiger partial charge in [-0.25, -0.2) is 4.39 Å². The summed E-state index contributed by atoms with van der Waals surface area (Å²) in [5.41, 5.74) is 1.44.